The first-order chi connectivity index (χ1) is 14.9. The van der Waals surface area contributed by atoms with Crippen LogP contribution in [0.15, 0.2) is 18.2 Å². The lowest BCUT2D eigenvalue weighted by atomic mass is 9.85. The largest absolute Gasteiger partial charge is 0.347 e. The van der Waals surface area contributed by atoms with E-state index in [9.17, 15) is 14.0 Å². The summed E-state index contributed by atoms with van der Waals surface area (Å²) in [5, 5.41) is 2.91. The summed E-state index contributed by atoms with van der Waals surface area (Å²) in [5.74, 6) is -0.516. The number of aryl methyl sites for hydroxylation is 1. The van der Waals surface area contributed by atoms with Crippen molar-refractivity contribution in [2.24, 2.45) is 5.41 Å². The molecule has 0 radical (unpaired) electrons. The van der Waals surface area contributed by atoms with Crippen LogP contribution in [-0.2, 0) is 17.9 Å². The van der Waals surface area contributed by atoms with Crippen molar-refractivity contribution in [1.82, 2.24) is 24.7 Å². The molecule has 2 aromatic rings. The number of amides is 2. The number of nitrogens with zero attached hydrogens (tertiary/aromatic N) is 4. The molecule has 1 N–H and O–H groups in total. The van der Waals surface area contributed by atoms with E-state index in [1.165, 1.54) is 11.0 Å². The van der Waals surface area contributed by atoms with E-state index < -0.39 is 17.4 Å². The van der Waals surface area contributed by atoms with Gasteiger partial charge in [0.15, 0.2) is 5.69 Å². The highest BCUT2D eigenvalue weighted by molar-refractivity contribution is 5.97. The molecule has 0 unspecified atom stereocenters. The van der Waals surface area contributed by atoms with Crippen LogP contribution in [0.2, 0.25) is 0 Å². The van der Waals surface area contributed by atoms with E-state index in [0.717, 1.165) is 24.2 Å². The molecule has 0 aliphatic carbocycles. The fourth-order valence-electron chi connectivity index (χ4n) is 4.02. The number of carbonyl (C=O) groups is 2. The fourth-order valence-corrected chi connectivity index (χ4v) is 4.02. The third-order valence-corrected chi connectivity index (χ3v) is 5.82. The van der Waals surface area contributed by atoms with Crippen LogP contribution in [0.25, 0.3) is 11.4 Å². The van der Waals surface area contributed by atoms with Gasteiger partial charge in [0.25, 0.3) is 5.91 Å². The molecule has 0 saturated carbocycles. The molecule has 1 aliphatic rings. The zero-order valence-corrected chi connectivity index (χ0v) is 20.1. The number of aromatic nitrogens is 2. The number of halogens is 1. The van der Waals surface area contributed by atoms with Gasteiger partial charge in [-0.15, -0.1) is 0 Å². The van der Waals surface area contributed by atoms with Crippen LogP contribution in [0, 0.1) is 18.2 Å². The van der Waals surface area contributed by atoms with Crippen molar-refractivity contribution in [2.75, 3.05) is 27.7 Å². The smallest absolute Gasteiger partial charge is 0.272 e. The zero-order valence-electron chi connectivity index (χ0n) is 20.1. The predicted octanol–water partition coefficient (Wildman–Crippen LogP) is 3.07. The molecule has 2 heterocycles. The SMILES string of the molecule is Cc1ccc(-c2nc(C(=O)N[C@H](C(=O)N(C)C)C(C)(C)C)c3n2CCCN(C)C3)c(F)c1. The van der Waals surface area contributed by atoms with Gasteiger partial charge in [-0.1, -0.05) is 26.8 Å². The molecule has 32 heavy (non-hydrogen) atoms. The second-order valence-electron chi connectivity index (χ2n) is 9.96. The van der Waals surface area contributed by atoms with Crippen molar-refractivity contribution in [2.45, 2.75) is 53.2 Å². The number of likely N-dealkylation sites (N-methyl/N-ethyl adjacent to an activating group) is 1. The Morgan fingerprint density at radius 2 is 1.91 bits per heavy atom. The molecular weight excluding hydrogens is 409 g/mol. The molecule has 0 saturated heterocycles. The highest BCUT2D eigenvalue weighted by Gasteiger charge is 2.36. The summed E-state index contributed by atoms with van der Waals surface area (Å²) in [7, 11) is 5.33. The van der Waals surface area contributed by atoms with E-state index in [4.69, 9.17) is 0 Å². The molecule has 0 spiro atoms. The van der Waals surface area contributed by atoms with Gasteiger partial charge < -0.3 is 19.7 Å². The summed E-state index contributed by atoms with van der Waals surface area (Å²) in [6, 6.07) is 4.31. The van der Waals surface area contributed by atoms with Crippen LogP contribution in [-0.4, -0.2) is 64.9 Å². The van der Waals surface area contributed by atoms with Crippen LogP contribution in [0.5, 0.6) is 0 Å². The first-order valence-electron chi connectivity index (χ1n) is 11.0. The van der Waals surface area contributed by atoms with Gasteiger partial charge in [0, 0.05) is 27.2 Å². The Morgan fingerprint density at radius 1 is 1.22 bits per heavy atom. The van der Waals surface area contributed by atoms with Gasteiger partial charge in [-0.05, 0) is 50.0 Å². The van der Waals surface area contributed by atoms with Gasteiger partial charge in [-0.2, -0.15) is 0 Å². The van der Waals surface area contributed by atoms with E-state index in [-0.39, 0.29) is 17.4 Å². The Kier molecular flexibility index (Phi) is 6.74. The minimum Gasteiger partial charge on any atom is -0.347 e. The number of fused-ring (bicyclic) bond motifs is 1. The molecule has 1 aliphatic heterocycles. The van der Waals surface area contributed by atoms with Gasteiger partial charge in [0.2, 0.25) is 5.91 Å². The lowest BCUT2D eigenvalue weighted by Gasteiger charge is -2.32. The first-order valence-corrected chi connectivity index (χ1v) is 11.0. The number of hydrogen-bond acceptors (Lipinski definition) is 4. The van der Waals surface area contributed by atoms with Gasteiger partial charge in [0.1, 0.15) is 17.7 Å². The van der Waals surface area contributed by atoms with Gasteiger partial charge in [0.05, 0.1) is 11.3 Å². The zero-order chi connectivity index (χ0) is 23.8. The summed E-state index contributed by atoms with van der Waals surface area (Å²) in [4.78, 5) is 34.4. The maximum atomic E-state index is 14.8. The Hall–Kier alpha value is -2.74. The molecule has 1 aromatic carbocycles. The Bertz CT molecular complexity index is 1020. The van der Waals surface area contributed by atoms with Gasteiger partial charge in [-0.25, -0.2) is 9.37 Å². The monoisotopic (exact) mass is 443 g/mol. The van der Waals surface area contributed by atoms with Gasteiger partial charge >= 0.3 is 0 Å². The average molecular weight is 444 g/mol. The normalized spacial score (nSPS) is 15.6. The topological polar surface area (TPSA) is 70.5 Å². The Labute approximate surface area is 189 Å². The van der Waals surface area contributed by atoms with Gasteiger partial charge in [-0.3, -0.25) is 9.59 Å². The Balaban J connectivity index is 2.08. The molecule has 7 nitrogen and oxygen atoms in total. The number of nitrogens with one attached hydrogen (secondary N) is 1. The molecule has 0 fully saturated rings. The van der Waals surface area contributed by atoms with E-state index >= 15 is 0 Å². The maximum Gasteiger partial charge on any atom is 0.272 e. The third-order valence-electron chi connectivity index (χ3n) is 5.82. The van der Waals surface area contributed by atoms with Crippen molar-refractivity contribution in [3.8, 4) is 11.4 Å². The quantitative estimate of drug-likeness (QED) is 0.789. The number of benzene rings is 1. The minimum absolute atomic E-state index is 0.182. The van der Waals surface area contributed by atoms with E-state index in [2.05, 4.69) is 15.2 Å². The van der Waals surface area contributed by atoms with E-state index in [1.807, 2.05) is 45.4 Å². The number of hydrogen-bond donors (Lipinski definition) is 1. The molecule has 1 atom stereocenters. The maximum absolute atomic E-state index is 14.8. The Morgan fingerprint density at radius 3 is 2.50 bits per heavy atom. The van der Waals surface area contributed by atoms with Crippen LogP contribution >= 0.6 is 0 Å². The molecule has 2 amide bonds. The average Bonchev–Trinajstić information content (AvgIpc) is 2.90. The molecule has 3 rings (SSSR count). The van der Waals surface area contributed by atoms with Crippen LogP contribution in [0.3, 0.4) is 0 Å². The first kappa shape index (κ1) is 23.9. The molecule has 8 heteroatoms. The molecule has 0 bridgehead atoms. The molecule has 1 aromatic heterocycles. The molecular formula is C24H34FN5O2. The van der Waals surface area contributed by atoms with E-state index in [1.54, 1.807) is 20.2 Å². The third kappa shape index (κ3) is 4.85. The minimum atomic E-state index is -0.717. The van der Waals surface area contributed by atoms with Crippen LogP contribution in [0.1, 0.15) is 48.9 Å². The van der Waals surface area contributed by atoms with Crippen molar-refractivity contribution < 1.29 is 14.0 Å². The second kappa shape index (κ2) is 9.02. The van der Waals surface area contributed by atoms with Crippen molar-refractivity contribution >= 4 is 11.8 Å². The van der Waals surface area contributed by atoms with Crippen molar-refractivity contribution in [1.29, 1.82) is 0 Å². The highest BCUT2D eigenvalue weighted by atomic mass is 19.1. The fraction of sp³-hybridized carbons (Fsp3) is 0.542. The lowest BCUT2D eigenvalue weighted by Crippen LogP contribution is -2.53. The molecule has 174 valence electrons. The summed E-state index contributed by atoms with van der Waals surface area (Å²) in [5.41, 5.74) is 1.69. The summed E-state index contributed by atoms with van der Waals surface area (Å²) < 4.78 is 16.8. The summed E-state index contributed by atoms with van der Waals surface area (Å²) in [6.07, 6.45) is 0.866. The van der Waals surface area contributed by atoms with Crippen LogP contribution in [0.4, 0.5) is 4.39 Å². The highest BCUT2D eigenvalue weighted by Crippen LogP contribution is 2.29. The van der Waals surface area contributed by atoms with Crippen molar-refractivity contribution in [3.63, 3.8) is 0 Å². The number of imidazole rings is 1. The second-order valence-corrected chi connectivity index (χ2v) is 9.96. The predicted molar refractivity (Wildman–Crippen MR) is 123 cm³/mol. The van der Waals surface area contributed by atoms with Crippen molar-refractivity contribution in [3.05, 3.63) is 41.0 Å². The number of rotatable bonds is 4. The summed E-state index contributed by atoms with van der Waals surface area (Å²) in [6.45, 7) is 9.59. The standard InChI is InChI=1S/C24H34FN5O2/c1-15-9-10-16(17(25)13-15)21-26-19(18-14-29(7)11-8-12-30(18)21)22(31)27-20(24(2,3)4)23(32)28(5)6/h9-10,13,20H,8,11-12,14H2,1-7H3,(H,27,31)/t20-/m1/s1. The van der Waals surface area contributed by atoms with Crippen LogP contribution < -0.4 is 5.32 Å². The number of carbonyl (C=O) groups excluding carboxylic acids is 2. The van der Waals surface area contributed by atoms with E-state index in [0.29, 0.717) is 24.5 Å². The lowest BCUT2D eigenvalue weighted by molar-refractivity contribution is -0.133. The summed E-state index contributed by atoms with van der Waals surface area (Å²) >= 11 is 0.